The lowest BCUT2D eigenvalue weighted by Gasteiger charge is -2.08. The van der Waals surface area contributed by atoms with E-state index in [1.165, 1.54) is 0 Å². The van der Waals surface area contributed by atoms with Crippen LogP contribution in [0.5, 0.6) is 0 Å². The number of aryl methyl sites for hydroxylation is 1. The van der Waals surface area contributed by atoms with Gasteiger partial charge in [0.05, 0.1) is 12.7 Å². The molecule has 0 aliphatic heterocycles. The molecule has 0 unspecified atom stereocenters. The van der Waals surface area contributed by atoms with Crippen molar-refractivity contribution in [3.05, 3.63) is 53.4 Å². The van der Waals surface area contributed by atoms with Gasteiger partial charge in [-0.2, -0.15) is 5.10 Å². The molecule has 0 radical (unpaired) electrons. The quantitative estimate of drug-likeness (QED) is 0.747. The third kappa shape index (κ3) is 2.75. The molecule has 102 valence electrons. The lowest BCUT2D eigenvalue weighted by Crippen LogP contribution is -2.11. The summed E-state index contributed by atoms with van der Waals surface area (Å²) < 4.78 is 1.91. The molecule has 0 atom stereocenters. The van der Waals surface area contributed by atoms with Crippen LogP contribution in [0, 0.1) is 6.92 Å². The highest BCUT2D eigenvalue weighted by Crippen LogP contribution is 2.24. The molecule has 3 rings (SSSR count). The molecule has 0 saturated heterocycles. The largest absolute Gasteiger partial charge is 0.368 e. The van der Waals surface area contributed by atoms with Gasteiger partial charge in [0.25, 0.3) is 0 Å². The van der Waals surface area contributed by atoms with E-state index in [9.17, 15) is 0 Å². The van der Waals surface area contributed by atoms with Crippen molar-refractivity contribution in [2.75, 3.05) is 11.9 Å². The molecule has 20 heavy (non-hydrogen) atoms. The van der Waals surface area contributed by atoms with Crippen molar-refractivity contribution in [3.63, 3.8) is 0 Å². The number of nitrogens with zero attached hydrogens (tertiary/aromatic N) is 3. The van der Waals surface area contributed by atoms with Gasteiger partial charge in [-0.1, -0.05) is 35.9 Å². The predicted molar refractivity (Wildman–Crippen MR) is 82.2 cm³/mol. The first-order valence-electron chi connectivity index (χ1n) is 6.50. The molecule has 0 saturated carbocycles. The third-order valence-corrected chi connectivity index (χ3v) is 3.39. The van der Waals surface area contributed by atoms with Crippen LogP contribution in [0.1, 0.15) is 5.56 Å². The monoisotopic (exact) mass is 286 g/mol. The fraction of sp³-hybridized carbons (Fsp3) is 0.200. The number of pyridine rings is 1. The summed E-state index contributed by atoms with van der Waals surface area (Å²) in [5, 5.41) is 10.1. The van der Waals surface area contributed by atoms with E-state index in [2.05, 4.69) is 15.4 Å². The molecule has 4 nitrogen and oxygen atoms in total. The second-order valence-electron chi connectivity index (χ2n) is 4.73. The highest BCUT2D eigenvalue weighted by molar-refractivity contribution is 6.34. The number of anilines is 1. The Morgan fingerprint density at radius 2 is 2.15 bits per heavy atom. The van der Waals surface area contributed by atoms with E-state index in [0.717, 1.165) is 35.2 Å². The maximum Gasteiger partial charge on any atom is 0.139 e. The number of fused-ring (bicyclic) bond motifs is 1. The summed E-state index contributed by atoms with van der Waals surface area (Å²) in [7, 11) is 0. The van der Waals surface area contributed by atoms with Gasteiger partial charge in [0.15, 0.2) is 0 Å². The highest BCUT2D eigenvalue weighted by atomic mass is 35.5. The first kappa shape index (κ1) is 12.9. The molecule has 1 aromatic carbocycles. The fourth-order valence-corrected chi connectivity index (χ4v) is 2.40. The molecule has 1 N–H and O–H groups in total. The van der Waals surface area contributed by atoms with E-state index in [4.69, 9.17) is 11.6 Å². The molecule has 0 aliphatic carbocycles. The number of benzene rings is 1. The Labute approximate surface area is 122 Å². The number of rotatable bonds is 4. The Hall–Kier alpha value is -2.07. The van der Waals surface area contributed by atoms with Crippen LogP contribution in [0.25, 0.3) is 10.8 Å². The van der Waals surface area contributed by atoms with Crippen LogP contribution in [-0.2, 0) is 6.54 Å². The van der Waals surface area contributed by atoms with Crippen LogP contribution in [-0.4, -0.2) is 21.3 Å². The average Bonchev–Trinajstić information content (AvgIpc) is 2.85. The van der Waals surface area contributed by atoms with Crippen LogP contribution in [0.3, 0.4) is 0 Å². The zero-order chi connectivity index (χ0) is 13.9. The van der Waals surface area contributed by atoms with Crippen LogP contribution in [0.15, 0.2) is 42.7 Å². The molecule has 0 spiro atoms. The number of hydrogen-bond donors (Lipinski definition) is 1. The highest BCUT2D eigenvalue weighted by Gasteiger charge is 2.03. The normalized spacial score (nSPS) is 10.9. The number of halogens is 1. The Bertz CT molecular complexity index is 736. The smallest absolute Gasteiger partial charge is 0.139 e. The van der Waals surface area contributed by atoms with Crippen LogP contribution in [0.2, 0.25) is 5.15 Å². The van der Waals surface area contributed by atoms with Crippen molar-refractivity contribution < 1.29 is 0 Å². The van der Waals surface area contributed by atoms with E-state index in [0.29, 0.717) is 5.15 Å². The Balaban J connectivity index is 1.71. The molecule has 2 aromatic heterocycles. The van der Waals surface area contributed by atoms with Crippen LogP contribution >= 0.6 is 11.6 Å². The summed E-state index contributed by atoms with van der Waals surface area (Å²) in [5.41, 5.74) is 1.16. The van der Waals surface area contributed by atoms with Gasteiger partial charge in [-0.3, -0.25) is 4.68 Å². The summed E-state index contributed by atoms with van der Waals surface area (Å²) in [6.45, 7) is 3.57. The van der Waals surface area contributed by atoms with Gasteiger partial charge in [-0.05, 0) is 23.9 Å². The molecular formula is C15H15ClN4. The fourth-order valence-electron chi connectivity index (χ4n) is 2.13. The van der Waals surface area contributed by atoms with Crippen molar-refractivity contribution in [2.24, 2.45) is 0 Å². The van der Waals surface area contributed by atoms with E-state index in [1.54, 1.807) is 0 Å². The zero-order valence-electron chi connectivity index (χ0n) is 11.2. The second kappa shape index (κ2) is 5.51. The maximum atomic E-state index is 6.19. The minimum atomic E-state index is 0.528. The van der Waals surface area contributed by atoms with Gasteiger partial charge < -0.3 is 5.32 Å². The van der Waals surface area contributed by atoms with Crippen molar-refractivity contribution in [1.82, 2.24) is 14.8 Å². The lowest BCUT2D eigenvalue weighted by molar-refractivity contribution is 0.637. The summed E-state index contributed by atoms with van der Waals surface area (Å²) >= 11 is 6.19. The standard InChI is InChI=1S/C15H15ClN4/c1-11-9-18-20(10-11)7-6-17-14-8-12-4-2-3-5-13(12)15(16)19-14/h2-5,8-10H,6-7H2,1H3,(H,17,19). The van der Waals surface area contributed by atoms with Crippen LogP contribution < -0.4 is 5.32 Å². The first-order chi connectivity index (χ1) is 9.72. The topological polar surface area (TPSA) is 42.7 Å². The molecule has 3 aromatic rings. The van der Waals surface area contributed by atoms with Gasteiger partial charge in [-0.15, -0.1) is 0 Å². The van der Waals surface area contributed by atoms with E-state index < -0.39 is 0 Å². The Morgan fingerprint density at radius 3 is 2.95 bits per heavy atom. The molecule has 0 amide bonds. The zero-order valence-corrected chi connectivity index (χ0v) is 11.9. The minimum Gasteiger partial charge on any atom is -0.368 e. The van der Waals surface area contributed by atoms with Gasteiger partial charge in [0, 0.05) is 18.1 Å². The molecule has 0 aliphatic rings. The van der Waals surface area contributed by atoms with Crippen molar-refractivity contribution >= 4 is 28.2 Å². The lowest BCUT2D eigenvalue weighted by atomic mass is 10.2. The maximum absolute atomic E-state index is 6.19. The Morgan fingerprint density at radius 1 is 1.30 bits per heavy atom. The average molecular weight is 287 g/mol. The molecule has 5 heteroatoms. The van der Waals surface area contributed by atoms with Crippen molar-refractivity contribution in [2.45, 2.75) is 13.5 Å². The number of hydrogen-bond acceptors (Lipinski definition) is 3. The van der Waals surface area contributed by atoms with E-state index in [-0.39, 0.29) is 0 Å². The van der Waals surface area contributed by atoms with Crippen molar-refractivity contribution in [1.29, 1.82) is 0 Å². The summed E-state index contributed by atoms with van der Waals surface area (Å²) in [4.78, 5) is 4.36. The summed E-state index contributed by atoms with van der Waals surface area (Å²) in [5.74, 6) is 0.789. The van der Waals surface area contributed by atoms with Gasteiger partial charge in [-0.25, -0.2) is 4.98 Å². The summed E-state index contributed by atoms with van der Waals surface area (Å²) in [6.07, 6.45) is 3.87. The van der Waals surface area contributed by atoms with E-state index >= 15 is 0 Å². The van der Waals surface area contributed by atoms with Crippen LogP contribution in [0.4, 0.5) is 5.82 Å². The molecule has 2 heterocycles. The number of aromatic nitrogens is 3. The third-order valence-electron chi connectivity index (χ3n) is 3.10. The molecular weight excluding hydrogens is 272 g/mol. The van der Waals surface area contributed by atoms with Gasteiger partial charge in [0.2, 0.25) is 0 Å². The Kier molecular flexibility index (Phi) is 3.56. The molecule has 0 fully saturated rings. The minimum absolute atomic E-state index is 0.528. The van der Waals surface area contributed by atoms with Gasteiger partial charge in [0.1, 0.15) is 11.0 Å². The predicted octanol–water partition coefficient (Wildman–Crippen LogP) is 3.51. The van der Waals surface area contributed by atoms with E-state index in [1.807, 2.05) is 54.3 Å². The summed E-state index contributed by atoms with van der Waals surface area (Å²) in [6, 6.07) is 9.97. The molecule has 0 bridgehead atoms. The first-order valence-corrected chi connectivity index (χ1v) is 6.88. The van der Waals surface area contributed by atoms with Gasteiger partial charge >= 0.3 is 0 Å². The second-order valence-corrected chi connectivity index (χ2v) is 5.08. The SMILES string of the molecule is Cc1cnn(CCNc2cc3ccccc3c(Cl)n2)c1. The number of nitrogens with one attached hydrogen (secondary N) is 1. The van der Waals surface area contributed by atoms with Crippen molar-refractivity contribution in [3.8, 4) is 0 Å².